The van der Waals surface area contributed by atoms with E-state index in [2.05, 4.69) is 20.7 Å². The molecule has 4 N–H and O–H groups in total. The minimum atomic E-state index is -3.02. The van der Waals surface area contributed by atoms with Crippen molar-refractivity contribution < 1.29 is 17.5 Å². The maximum Gasteiger partial charge on any atom is 0.163 e. The van der Waals surface area contributed by atoms with Crippen LogP contribution in [-0.4, -0.2) is 56.7 Å². The van der Waals surface area contributed by atoms with Crippen LogP contribution in [0, 0.1) is 5.82 Å². The SMILES string of the molecule is COc1cc2c(cc1CCNCCS(C)(=O)=O)C(N)(c1ccc3c(cnn3Cc3cccc(F)c3)c1)N=CN2. The number of benzene rings is 3. The van der Waals surface area contributed by atoms with Gasteiger partial charge in [0.05, 0.1) is 43.1 Å². The molecule has 1 aromatic heterocycles. The number of hydrogen-bond donors (Lipinski definition) is 3. The molecule has 0 radical (unpaired) electrons. The van der Waals surface area contributed by atoms with Crippen LogP contribution in [0.15, 0.2) is 65.8 Å². The van der Waals surface area contributed by atoms with Crippen LogP contribution < -0.4 is 21.1 Å². The molecule has 0 saturated carbocycles. The Hall–Kier alpha value is -3.80. The molecular formula is C28H31FN6O3S. The maximum atomic E-state index is 13.7. The third kappa shape index (κ3) is 5.80. The molecule has 5 rings (SSSR count). The number of rotatable bonds is 10. The minimum Gasteiger partial charge on any atom is -0.496 e. The Labute approximate surface area is 226 Å². The second-order valence-electron chi connectivity index (χ2n) is 9.71. The molecule has 11 heteroatoms. The second-order valence-corrected chi connectivity index (χ2v) is 12.0. The Kier molecular flexibility index (Phi) is 7.39. The molecule has 0 saturated heterocycles. The highest BCUT2D eigenvalue weighted by atomic mass is 32.2. The number of aliphatic imine (C=N–C) groups is 1. The van der Waals surface area contributed by atoms with E-state index in [4.69, 9.17) is 10.5 Å². The van der Waals surface area contributed by atoms with Gasteiger partial charge in [-0.2, -0.15) is 5.10 Å². The van der Waals surface area contributed by atoms with Crippen molar-refractivity contribution in [2.45, 2.75) is 18.6 Å². The molecule has 9 nitrogen and oxygen atoms in total. The summed E-state index contributed by atoms with van der Waals surface area (Å²) in [4.78, 5) is 4.65. The average Bonchev–Trinajstić information content (AvgIpc) is 3.29. The van der Waals surface area contributed by atoms with Crippen molar-refractivity contribution in [2.24, 2.45) is 10.7 Å². The third-order valence-corrected chi connectivity index (χ3v) is 7.79. The lowest BCUT2D eigenvalue weighted by Gasteiger charge is -2.32. The Bertz CT molecular complexity index is 1650. The van der Waals surface area contributed by atoms with E-state index in [1.807, 2.05) is 41.1 Å². The molecule has 1 unspecified atom stereocenters. The Morgan fingerprint density at radius 3 is 2.77 bits per heavy atom. The Balaban J connectivity index is 1.42. The van der Waals surface area contributed by atoms with Crippen LogP contribution >= 0.6 is 0 Å². The summed E-state index contributed by atoms with van der Waals surface area (Å²) in [6.07, 6.45) is 5.20. The number of methoxy groups -OCH3 is 1. The molecule has 0 fully saturated rings. The fraction of sp³-hybridized carbons (Fsp3) is 0.286. The summed E-state index contributed by atoms with van der Waals surface area (Å²) in [6, 6.07) is 16.3. The summed E-state index contributed by atoms with van der Waals surface area (Å²) < 4.78 is 43.9. The van der Waals surface area contributed by atoms with Crippen molar-refractivity contribution in [1.82, 2.24) is 15.1 Å². The highest BCUT2D eigenvalue weighted by molar-refractivity contribution is 7.90. The number of ether oxygens (including phenoxy) is 1. The molecule has 1 aliphatic heterocycles. The van der Waals surface area contributed by atoms with Gasteiger partial charge < -0.3 is 15.4 Å². The number of sulfone groups is 1. The predicted molar refractivity (Wildman–Crippen MR) is 152 cm³/mol. The standard InChI is InChI=1S/C28H31FN6O3S/c1-38-27-15-25-24(14-20(27)8-9-31-10-11-39(2,36)37)28(30,33-18-32-25)22-6-7-26-21(13-22)16-34-35(26)17-19-4-3-5-23(29)12-19/h3-7,12-16,18,31H,8-11,17,30H2,1-2H3,(H,32,33). The van der Waals surface area contributed by atoms with Gasteiger partial charge in [-0.25, -0.2) is 17.8 Å². The molecule has 2 heterocycles. The summed E-state index contributed by atoms with van der Waals surface area (Å²) in [7, 11) is -1.41. The normalized spacial score (nSPS) is 16.7. The summed E-state index contributed by atoms with van der Waals surface area (Å²) >= 11 is 0. The first-order valence-corrected chi connectivity index (χ1v) is 14.6. The largest absolute Gasteiger partial charge is 0.496 e. The van der Waals surface area contributed by atoms with Gasteiger partial charge >= 0.3 is 0 Å². The lowest BCUT2D eigenvalue weighted by molar-refractivity contribution is 0.408. The maximum absolute atomic E-state index is 13.7. The molecule has 204 valence electrons. The van der Waals surface area contributed by atoms with E-state index in [-0.39, 0.29) is 11.6 Å². The molecule has 0 amide bonds. The summed E-state index contributed by atoms with van der Waals surface area (Å²) in [6.45, 7) is 1.40. The molecule has 4 aromatic rings. The molecule has 0 aliphatic carbocycles. The van der Waals surface area contributed by atoms with Crippen molar-refractivity contribution >= 4 is 32.8 Å². The van der Waals surface area contributed by atoms with E-state index < -0.39 is 15.5 Å². The fourth-order valence-corrected chi connectivity index (χ4v) is 5.33. The van der Waals surface area contributed by atoms with Crippen LogP contribution in [0.4, 0.5) is 10.1 Å². The predicted octanol–water partition coefficient (Wildman–Crippen LogP) is 3.02. The molecule has 3 aromatic carbocycles. The number of nitrogens with one attached hydrogen (secondary N) is 2. The van der Waals surface area contributed by atoms with Gasteiger partial charge in [-0.3, -0.25) is 10.4 Å². The van der Waals surface area contributed by atoms with Gasteiger partial charge in [0, 0.05) is 29.8 Å². The van der Waals surface area contributed by atoms with E-state index in [1.165, 1.54) is 18.4 Å². The fourth-order valence-electron chi connectivity index (χ4n) is 4.81. The van der Waals surface area contributed by atoms with Crippen LogP contribution in [0.2, 0.25) is 0 Å². The smallest absolute Gasteiger partial charge is 0.163 e. The summed E-state index contributed by atoms with van der Waals surface area (Å²) in [5.74, 6) is 0.512. The quantitative estimate of drug-likeness (QED) is 0.259. The zero-order valence-corrected chi connectivity index (χ0v) is 22.6. The molecule has 0 bridgehead atoms. The lowest BCUT2D eigenvalue weighted by atomic mass is 9.88. The van der Waals surface area contributed by atoms with Gasteiger partial charge in [-0.05, 0) is 60.0 Å². The van der Waals surface area contributed by atoms with Crippen molar-refractivity contribution in [3.05, 3.63) is 88.9 Å². The Morgan fingerprint density at radius 2 is 2.00 bits per heavy atom. The lowest BCUT2D eigenvalue weighted by Crippen LogP contribution is -2.39. The van der Waals surface area contributed by atoms with Crippen LogP contribution in [-0.2, 0) is 28.5 Å². The topological polar surface area (TPSA) is 124 Å². The Morgan fingerprint density at radius 1 is 1.15 bits per heavy atom. The minimum absolute atomic E-state index is 0.0835. The van der Waals surface area contributed by atoms with Gasteiger partial charge in [0.25, 0.3) is 0 Å². The van der Waals surface area contributed by atoms with Gasteiger partial charge in [-0.15, -0.1) is 0 Å². The van der Waals surface area contributed by atoms with Crippen LogP contribution in [0.1, 0.15) is 22.3 Å². The first-order valence-electron chi connectivity index (χ1n) is 12.6. The van der Waals surface area contributed by atoms with Crippen LogP contribution in [0.3, 0.4) is 0 Å². The number of nitrogens with zero attached hydrogens (tertiary/aromatic N) is 3. The third-order valence-electron chi connectivity index (χ3n) is 6.84. The number of hydrogen-bond acceptors (Lipinski definition) is 8. The monoisotopic (exact) mass is 550 g/mol. The molecule has 39 heavy (non-hydrogen) atoms. The van der Waals surface area contributed by atoms with Gasteiger partial charge in [0.15, 0.2) is 5.66 Å². The second kappa shape index (κ2) is 10.8. The van der Waals surface area contributed by atoms with Gasteiger partial charge in [-0.1, -0.05) is 18.2 Å². The summed E-state index contributed by atoms with van der Waals surface area (Å²) in [5, 5.41) is 11.8. The molecule has 1 atom stereocenters. The zero-order valence-electron chi connectivity index (χ0n) is 21.8. The van der Waals surface area contributed by atoms with E-state index in [9.17, 15) is 12.8 Å². The van der Waals surface area contributed by atoms with E-state index in [0.717, 1.165) is 38.8 Å². The van der Waals surface area contributed by atoms with Crippen LogP contribution in [0.25, 0.3) is 10.9 Å². The number of nitrogens with two attached hydrogens (primary N) is 1. The zero-order chi connectivity index (χ0) is 27.6. The number of halogens is 1. The molecular weight excluding hydrogens is 519 g/mol. The van der Waals surface area contributed by atoms with E-state index >= 15 is 0 Å². The van der Waals surface area contributed by atoms with Crippen LogP contribution in [0.5, 0.6) is 5.75 Å². The highest BCUT2D eigenvalue weighted by Crippen LogP contribution is 2.40. The van der Waals surface area contributed by atoms with Crippen molar-refractivity contribution in [3.63, 3.8) is 0 Å². The first kappa shape index (κ1) is 26.8. The van der Waals surface area contributed by atoms with E-state index in [0.29, 0.717) is 31.8 Å². The molecule has 1 aliphatic rings. The first-order chi connectivity index (χ1) is 18.7. The van der Waals surface area contributed by atoms with Crippen molar-refractivity contribution in [1.29, 1.82) is 0 Å². The number of aromatic nitrogens is 2. The van der Waals surface area contributed by atoms with E-state index in [1.54, 1.807) is 25.7 Å². The highest BCUT2D eigenvalue weighted by Gasteiger charge is 2.34. The average molecular weight is 551 g/mol. The van der Waals surface area contributed by atoms with Crippen molar-refractivity contribution in [3.8, 4) is 5.75 Å². The van der Waals surface area contributed by atoms with Gasteiger partial charge in [0.1, 0.15) is 21.4 Å². The summed E-state index contributed by atoms with van der Waals surface area (Å²) in [5.41, 5.74) is 10.9. The number of fused-ring (bicyclic) bond motifs is 2. The van der Waals surface area contributed by atoms with Gasteiger partial charge in [0.2, 0.25) is 0 Å². The van der Waals surface area contributed by atoms with Crippen molar-refractivity contribution in [2.75, 3.05) is 37.5 Å². The molecule has 0 spiro atoms. The number of anilines is 1.